The molecule has 0 radical (unpaired) electrons. The van der Waals surface area contributed by atoms with Crippen molar-refractivity contribution in [1.82, 2.24) is 9.97 Å². The molecule has 0 amide bonds. The van der Waals surface area contributed by atoms with Crippen LogP contribution < -0.4 is 10.5 Å². The lowest BCUT2D eigenvalue weighted by molar-refractivity contribution is -0.924. The van der Waals surface area contributed by atoms with Gasteiger partial charge in [-0.3, -0.25) is 4.79 Å². The van der Waals surface area contributed by atoms with Crippen LogP contribution in [0, 0.1) is 0 Å². The van der Waals surface area contributed by atoms with Gasteiger partial charge in [0.15, 0.2) is 5.82 Å². The second kappa shape index (κ2) is 7.15. The maximum Gasteiger partial charge on any atom is 0.260 e. The van der Waals surface area contributed by atoms with Gasteiger partial charge in [0.05, 0.1) is 12.4 Å². The molecule has 0 aliphatic carbocycles. The highest BCUT2D eigenvalue weighted by molar-refractivity contribution is 7.18. The predicted octanol–water partition coefficient (Wildman–Crippen LogP) is 3.49. The number of aromatic nitrogens is 2. The largest absolute Gasteiger partial charge is 0.325 e. The first-order valence-electron chi connectivity index (χ1n) is 8.55. The summed E-state index contributed by atoms with van der Waals surface area (Å²) in [5, 5.41) is 4.76. The van der Waals surface area contributed by atoms with Crippen LogP contribution in [-0.4, -0.2) is 17.0 Å². The first-order valence-corrected chi connectivity index (χ1v) is 10.3. The van der Waals surface area contributed by atoms with Gasteiger partial charge in [-0.05, 0) is 18.4 Å². The highest BCUT2D eigenvalue weighted by atomic mass is 32.1. The Morgan fingerprint density at radius 3 is 2.69 bits per heavy atom. The molecule has 0 saturated carbocycles. The van der Waals surface area contributed by atoms with Crippen molar-refractivity contribution in [3.63, 3.8) is 0 Å². The Hall–Kier alpha value is -2.28. The Bertz CT molecular complexity index is 1070. The molecule has 4 nitrogen and oxygen atoms in total. The van der Waals surface area contributed by atoms with Crippen molar-refractivity contribution >= 4 is 32.9 Å². The molecule has 0 spiro atoms. The first kappa shape index (κ1) is 17.1. The number of hydrogen-bond donors (Lipinski definition) is 2. The molecule has 4 aromatic rings. The van der Waals surface area contributed by atoms with Gasteiger partial charge in [-0.1, -0.05) is 36.4 Å². The van der Waals surface area contributed by atoms with Crippen molar-refractivity contribution in [1.29, 1.82) is 0 Å². The van der Waals surface area contributed by atoms with Gasteiger partial charge in [0.25, 0.3) is 5.56 Å². The van der Waals surface area contributed by atoms with Gasteiger partial charge in [-0.25, -0.2) is 4.98 Å². The second-order valence-electron chi connectivity index (χ2n) is 6.49. The minimum absolute atomic E-state index is 0.0472. The quantitative estimate of drug-likeness (QED) is 0.555. The van der Waals surface area contributed by atoms with E-state index in [1.54, 1.807) is 11.3 Å². The maximum atomic E-state index is 12.8. The van der Waals surface area contributed by atoms with Crippen LogP contribution >= 0.6 is 22.7 Å². The zero-order valence-corrected chi connectivity index (χ0v) is 16.3. The zero-order chi connectivity index (χ0) is 18.1. The number of nitrogens with zero attached hydrogens (tertiary/aromatic N) is 1. The van der Waals surface area contributed by atoms with Crippen LogP contribution in [0.5, 0.6) is 0 Å². The zero-order valence-electron chi connectivity index (χ0n) is 14.7. The lowest BCUT2D eigenvalue weighted by atomic mass is 10.2. The van der Waals surface area contributed by atoms with E-state index in [9.17, 15) is 4.79 Å². The van der Waals surface area contributed by atoms with Crippen LogP contribution in [0.2, 0.25) is 0 Å². The van der Waals surface area contributed by atoms with E-state index in [1.807, 2.05) is 29.0 Å². The second-order valence-corrected chi connectivity index (χ2v) is 8.29. The van der Waals surface area contributed by atoms with Gasteiger partial charge in [-0.2, -0.15) is 0 Å². The minimum Gasteiger partial charge on any atom is -0.325 e. The van der Waals surface area contributed by atoms with Crippen LogP contribution in [-0.2, 0) is 6.54 Å². The van der Waals surface area contributed by atoms with Crippen molar-refractivity contribution in [2.24, 2.45) is 0 Å². The van der Waals surface area contributed by atoms with Crippen molar-refractivity contribution < 1.29 is 4.90 Å². The summed E-state index contributed by atoms with van der Waals surface area (Å²) < 4.78 is 0. The molecule has 2 atom stereocenters. The third-order valence-electron chi connectivity index (χ3n) is 4.72. The Kier molecular flexibility index (Phi) is 4.72. The van der Waals surface area contributed by atoms with Crippen molar-refractivity contribution in [3.8, 4) is 10.4 Å². The maximum absolute atomic E-state index is 12.8. The smallest absolute Gasteiger partial charge is 0.260 e. The van der Waals surface area contributed by atoms with Crippen LogP contribution in [0.3, 0.4) is 0 Å². The molecule has 2 N–H and O–H groups in total. The average Bonchev–Trinajstić information content (AvgIpc) is 3.31. The fourth-order valence-corrected chi connectivity index (χ4v) is 4.86. The molecule has 4 rings (SSSR count). The molecule has 3 aromatic heterocycles. The fraction of sp³-hybridized carbons (Fsp3) is 0.200. The third kappa shape index (κ3) is 3.23. The fourth-order valence-electron chi connectivity index (χ4n) is 3.09. The lowest BCUT2D eigenvalue weighted by Gasteiger charge is -2.21. The highest BCUT2D eigenvalue weighted by Gasteiger charge is 2.21. The molecule has 6 heteroatoms. The molecule has 0 saturated heterocycles. The summed E-state index contributed by atoms with van der Waals surface area (Å²) in [4.78, 5) is 23.8. The molecule has 3 heterocycles. The van der Waals surface area contributed by atoms with Crippen molar-refractivity contribution in [2.45, 2.75) is 19.5 Å². The van der Waals surface area contributed by atoms with Gasteiger partial charge < -0.3 is 9.88 Å². The number of H-pyrrole nitrogens is 1. The Morgan fingerprint density at radius 1 is 1.15 bits per heavy atom. The molecule has 0 aliphatic rings. The summed E-state index contributed by atoms with van der Waals surface area (Å²) in [6, 6.07) is 14.5. The number of fused-ring (bicyclic) bond motifs is 1. The van der Waals surface area contributed by atoms with Gasteiger partial charge in [-0.15, -0.1) is 22.7 Å². The molecule has 0 bridgehead atoms. The van der Waals surface area contributed by atoms with E-state index in [0.29, 0.717) is 5.39 Å². The normalized spacial score (nSPS) is 13.8. The third-order valence-corrected chi connectivity index (χ3v) is 6.50. The van der Waals surface area contributed by atoms with E-state index in [0.717, 1.165) is 27.6 Å². The standard InChI is InChI=1S/C20H19N3OS2/c1-13(23(2)11-14-7-4-3-5-8-14)18-21-19(24)17-15(12-26-20(17)22-18)16-9-6-10-25-16/h3-10,12-13H,11H2,1-2H3,(H,21,22,24)/p+1/t13-/m0/s1. The van der Waals surface area contributed by atoms with Crippen LogP contribution in [0.25, 0.3) is 20.7 Å². The lowest BCUT2D eigenvalue weighted by Crippen LogP contribution is -3.07. The number of nitrogens with one attached hydrogen (secondary N) is 2. The number of quaternary nitrogens is 1. The van der Waals surface area contributed by atoms with Gasteiger partial charge >= 0.3 is 0 Å². The molecule has 132 valence electrons. The number of aromatic amines is 1. The summed E-state index contributed by atoms with van der Waals surface area (Å²) in [5.74, 6) is 0.746. The highest BCUT2D eigenvalue weighted by Crippen LogP contribution is 2.33. The Morgan fingerprint density at radius 2 is 1.96 bits per heavy atom. The minimum atomic E-state index is -0.0472. The summed E-state index contributed by atoms with van der Waals surface area (Å²) in [7, 11) is 2.13. The van der Waals surface area contributed by atoms with E-state index in [-0.39, 0.29) is 11.6 Å². The topological polar surface area (TPSA) is 50.2 Å². The molecule has 0 fully saturated rings. The average molecular weight is 383 g/mol. The number of rotatable bonds is 5. The van der Waals surface area contributed by atoms with E-state index >= 15 is 0 Å². The Labute approximate surface area is 159 Å². The van der Waals surface area contributed by atoms with Crippen LogP contribution in [0.1, 0.15) is 24.4 Å². The predicted molar refractivity (Wildman–Crippen MR) is 109 cm³/mol. The van der Waals surface area contributed by atoms with E-state index in [2.05, 4.69) is 43.2 Å². The molecule has 1 unspecified atom stereocenters. The van der Waals surface area contributed by atoms with E-state index in [4.69, 9.17) is 4.98 Å². The molecular weight excluding hydrogens is 362 g/mol. The van der Waals surface area contributed by atoms with Gasteiger partial charge in [0.1, 0.15) is 17.4 Å². The van der Waals surface area contributed by atoms with Crippen LogP contribution in [0.4, 0.5) is 0 Å². The van der Waals surface area contributed by atoms with Gasteiger partial charge in [0.2, 0.25) is 0 Å². The van der Waals surface area contributed by atoms with E-state index in [1.165, 1.54) is 21.8 Å². The number of benzene rings is 1. The summed E-state index contributed by atoms with van der Waals surface area (Å²) >= 11 is 3.18. The van der Waals surface area contributed by atoms with E-state index < -0.39 is 0 Å². The monoisotopic (exact) mass is 382 g/mol. The number of thiophene rings is 2. The van der Waals surface area contributed by atoms with Crippen molar-refractivity contribution in [2.75, 3.05) is 7.05 Å². The van der Waals surface area contributed by atoms with Crippen molar-refractivity contribution in [3.05, 3.63) is 75.0 Å². The van der Waals surface area contributed by atoms with Gasteiger partial charge in [0, 0.05) is 21.4 Å². The molecule has 0 aliphatic heterocycles. The summed E-state index contributed by atoms with van der Waals surface area (Å²) in [6.07, 6.45) is 0. The SMILES string of the molecule is C[C@@H](c1nc2scc(-c3cccs3)c2c(=O)[nH]1)[NH+](C)Cc1ccccc1. The summed E-state index contributed by atoms with van der Waals surface area (Å²) in [6.45, 7) is 2.99. The summed E-state index contributed by atoms with van der Waals surface area (Å²) in [5.41, 5.74) is 2.21. The number of hydrogen-bond acceptors (Lipinski definition) is 4. The molecule has 26 heavy (non-hydrogen) atoms. The molecular formula is C20H20N3OS2+. The van der Waals surface area contributed by atoms with Crippen LogP contribution in [0.15, 0.2) is 58.0 Å². The Balaban J connectivity index is 1.66. The first-order chi connectivity index (χ1) is 12.6. The molecule has 1 aromatic carbocycles.